The molecule has 0 saturated carbocycles. The number of imide groups is 1. The molecule has 2 aromatic rings. The van der Waals surface area contributed by atoms with E-state index in [0.29, 0.717) is 37.0 Å². The van der Waals surface area contributed by atoms with Gasteiger partial charge in [0.25, 0.3) is 5.91 Å². The van der Waals surface area contributed by atoms with E-state index in [1.807, 2.05) is 18.2 Å². The molecule has 0 radical (unpaired) electrons. The van der Waals surface area contributed by atoms with Gasteiger partial charge >= 0.3 is 6.01 Å². The van der Waals surface area contributed by atoms with Crippen LogP contribution in [-0.4, -0.2) is 52.0 Å². The van der Waals surface area contributed by atoms with Gasteiger partial charge in [-0.05, 0) is 36.9 Å². The van der Waals surface area contributed by atoms with Crippen molar-refractivity contribution in [2.45, 2.75) is 50.7 Å². The van der Waals surface area contributed by atoms with E-state index in [9.17, 15) is 14.4 Å². The third-order valence-electron chi connectivity index (χ3n) is 6.16. The van der Waals surface area contributed by atoms with Crippen molar-refractivity contribution in [2.24, 2.45) is 0 Å². The Hall–Kier alpha value is -3.27. The SMILES string of the molecule is O=C1CCC(N2Cc3cccc(CNc4nnc(C5CCCNC5)o4)c3C2=O)C(=O)N1. The molecule has 5 rings (SSSR count). The number of carbonyl (C=O) groups is 3. The lowest BCUT2D eigenvalue weighted by atomic mass is 10.00. The Bertz CT molecular complexity index is 1030. The van der Waals surface area contributed by atoms with Crippen LogP contribution >= 0.6 is 0 Å². The van der Waals surface area contributed by atoms with E-state index in [0.717, 1.165) is 37.1 Å². The summed E-state index contributed by atoms with van der Waals surface area (Å²) < 4.78 is 5.78. The van der Waals surface area contributed by atoms with E-state index in [1.54, 1.807) is 4.90 Å². The predicted molar refractivity (Wildman–Crippen MR) is 109 cm³/mol. The monoisotopic (exact) mass is 424 g/mol. The molecule has 0 bridgehead atoms. The van der Waals surface area contributed by atoms with Crippen LogP contribution in [0.15, 0.2) is 22.6 Å². The van der Waals surface area contributed by atoms with E-state index >= 15 is 0 Å². The molecule has 31 heavy (non-hydrogen) atoms. The Labute approximate surface area is 178 Å². The maximum Gasteiger partial charge on any atom is 0.315 e. The van der Waals surface area contributed by atoms with Crippen LogP contribution in [0.4, 0.5) is 6.01 Å². The van der Waals surface area contributed by atoms with E-state index in [4.69, 9.17) is 4.42 Å². The molecule has 1 aromatic heterocycles. The fourth-order valence-electron chi connectivity index (χ4n) is 4.54. The molecule has 1 aromatic carbocycles. The molecule has 2 unspecified atom stereocenters. The van der Waals surface area contributed by atoms with Crippen molar-refractivity contribution in [2.75, 3.05) is 18.4 Å². The highest BCUT2D eigenvalue weighted by atomic mass is 16.4. The van der Waals surface area contributed by atoms with Gasteiger partial charge in [0.1, 0.15) is 6.04 Å². The van der Waals surface area contributed by atoms with Crippen molar-refractivity contribution < 1.29 is 18.8 Å². The summed E-state index contributed by atoms with van der Waals surface area (Å²) in [4.78, 5) is 38.4. The van der Waals surface area contributed by atoms with Gasteiger partial charge in [-0.3, -0.25) is 19.7 Å². The third-order valence-corrected chi connectivity index (χ3v) is 6.16. The minimum Gasteiger partial charge on any atom is -0.408 e. The lowest BCUT2D eigenvalue weighted by molar-refractivity contribution is -0.136. The Morgan fingerprint density at radius 2 is 2.10 bits per heavy atom. The highest BCUT2D eigenvalue weighted by Gasteiger charge is 2.39. The van der Waals surface area contributed by atoms with Crippen molar-refractivity contribution in [3.05, 3.63) is 40.8 Å². The fourth-order valence-corrected chi connectivity index (χ4v) is 4.54. The van der Waals surface area contributed by atoms with Gasteiger partial charge in [0.05, 0.1) is 0 Å². The largest absolute Gasteiger partial charge is 0.408 e. The Balaban J connectivity index is 1.28. The maximum atomic E-state index is 13.1. The molecule has 3 aliphatic heterocycles. The van der Waals surface area contributed by atoms with Crippen LogP contribution in [0.1, 0.15) is 59.0 Å². The second kappa shape index (κ2) is 8.10. The second-order valence-electron chi connectivity index (χ2n) is 8.19. The molecule has 4 heterocycles. The highest BCUT2D eigenvalue weighted by Crippen LogP contribution is 2.30. The zero-order valence-electron chi connectivity index (χ0n) is 17.0. The van der Waals surface area contributed by atoms with Crippen molar-refractivity contribution >= 4 is 23.7 Å². The van der Waals surface area contributed by atoms with Gasteiger partial charge in [-0.1, -0.05) is 23.3 Å². The summed E-state index contributed by atoms with van der Waals surface area (Å²) in [6, 6.07) is 5.36. The number of hydrogen-bond acceptors (Lipinski definition) is 8. The predicted octanol–water partition coefficient (Wildman–Crippen LogP) is 0.910. The van der Waals surface area contributed by atoms with Gasteiger partial charge in [0.15, 0.2) is 0 Å². The van der Waals surface area contributed by atoms with Gasteiger partial charge in [-0.25, -0.2) is 0 Å². The number of fused-ring (bicyclic) bond motifs is 1. The quantitative estimate of drug-likeness (QED) is 0.604. The minimum absolute atomic E-state index is 0.193. The lowest BCUT2D eigenvalue weighted by Crippen LogP contribution is -2.52. The summed E-state index contributed by atoms with van der Waals surface area (Å²) >= 11 is 0. The van der Waals surface area contributed by atoms with Gasteiger partial charge in [0.2, 0.25) is 17.7 Å². The van der Waals surface area contributed by atoms with E-state index in [2.05, 4.69) is 26.1 Å². The first-order valence-electron chi connectivity index (χ1n) is 10.6. The number of hydrogen-bond donors (Lipinski definition) is 3. The summed E-state index contributed by atoms with van der Waals surface area (Å²) in [5, 5.41) is 17.0. The minimum atomic E-state index is -0.624. The third kappa shape index (κ3) is 3.78. The molecule has 0 aliphatic carbocycles. The van der Waals surface area contributed by atoms with Crippen LogP contribution < -0.4 is 16.0 Å². The van der Waals surface area contributed by atoms with Crippen LogP contribution in [0.5, 0.6) is 0 Å². The Morgan fingerprint density at radius 1 is 1.19 bits per heavy atom. The Morgan fingerprint density at radius 3 is 2.90 bits per heavy atom. The maximum absolute atomic E-state index is 13.1. The first kappa shape index (κ1) is 19.7. The number of piperidine rings is 2. The van der Waals surface area contributed by atoms with Gasteiger partial charge < -0.3 is 20.0 Å². The zero-order chi connectivity index (χ0) is 21.4. The molecular weight excluding hydrogens is 400 g/mol. The zero-order valence-corrected chi connectivity index (χ0v) is 17.0. The Kier molecular flexibility index (Phi) is 5.14. The summed E-state index contributed by atoms with van der Waals surface area (Å²) in [7, 11) is 0. The number of benzene rings is 1. The average Bonchev–Trinajstić information content (AvgIpc) is 3.38. The molecule has 3 amide bonds. The van der Waals surface area contributed by atoms with Crippen LogP contribution in [-0.2, 0) is 22.7 Å². The van der Waals surface area contributed by atoms with Gasteiger partial charge in [0, 0.05) is 37.5 Å². The van der Waals surface area contributed by atoms with E-state index in [1.165, 1.54) is 0 Å². The van der Waals surface area contributed by atoms with E-state index < -0.39 is 11.9 Å². The topological polar surface area (TPSA) is 129 Å². The van der Waals surface area contributed by atoms with Crippen LogP contribution in [0, 0.1) is 0 Å². The normalized spacial score (nSPS) is 23.6. The average molecular weight is 424 g/mol. The standard InChI is InChI=1S/C21H24N6O4/c28-16-7-6-15(18(29)24-16)27-11-14-4-1-3-12(17(14)20(27)30)10-23-21-26-25-19(31-21)13-5-2-8-22-9-13/h1,3-4,13,15,22H,2,5-11H2,(H,23,26)(H,24,28,29). The smallest absolute Gasteiger partial charge is 0.315 e. The molecular formula is C21H24N6O4. The van der Waals surface area contributed by atoms with Gasteiger partial charge in [-0.2, -0.15) is 0 Å². The van der Waals surface area contributed by atoms with Crippen LogP contribution in [0.25, 0.3) is 0 Å². The number of rotatable bonds is 5. The summed E-state index contributed by atoms with van der Waals surface area (Å²) in [6.07, 6.45) is 2.68. The van der Waals surface area contributed by atoms with Crippen LogP contribution in [0.2, 0.25) is 0 Å². The highest BCUT2D eigenvalue weighted by molar-refractivity contribution is 6.06. The first-order chi connectivity index (χ1) is 15.1. The molecule has 2 fully saturated rings. The number of anilines is 1. The van der Waals surface area contributed by atoms with Crippen LogP contribution in [0.3, 0.4) is 0 Å². The summed E-state index contributed by atoms with van der Waals surface area (Å²) in [6.45, 7) is 2.55. The number of aromatic nitrogens is 2. The van der Waals surface area contributed by atoms with E-state index in [-0.39, 0.29) is 24.2 Å². The second-order valence-corrected chi connectivity index (χ2v) is 8.19. The number of carbonyl (C=O) groups excluding carboxylic acids is 3. The molecule has 10 nitrogen and oxygen atoms in total. The molecule has 2 saturated heterocycles. The molecule has 10 heteroatoms. The van der Waals surface area contributed by atoms with Crippen molar-refractivity contribution in [3.8, 4) is 0 Å². The fraction of sp³-hybridized carbons (Fsp3) is 0.476. The van der Waals surface area contributed by atoms with Crippen molar-refractivity contribution in [1.29, 1.82) is 0 Å². The number of nitrogens with zero attached hydrogens (tertiary/aromatic N) is 3. The number of nitrogens with one attached hydrogen (secondary N) is 3. The summed E-state index contributed by atoms with van der Waals surface area (Å²) in [5.74, 6) is -0.0539. The number of amides is 3. The summed E-state index contributed by atoms with van der Waals surface area (Å²) in [5.41, 5.74) is 2.26. The first-order valence-corrected chi connectivity index (χ1v) is 10.6. The van der Waals surface area contributed by atoms with Crippen molar-refractivity contribution in [1.82, 2.24) is 25.7 Å². The molecule has 162 valence electrons. The molecule has 0 spiro atoms. The van der Waals surface area contributed by atoms with Gasteiger partial charge in [-0.15, -0.1) is 5.10 Å². The molecule has 2 atom stereocenters. The lowest BCUT2D eigenvalue weighted by Gasteiger charge is -2.29. The molecule has 3 N–H and O–H groups in total. The van der Waals surface area contributed by atoms with Crippen molar-refractivity contribution in [3.63, 3.8) is 0 Å². The molecule has 3 aliphatic rings.